The molecule has 256 valence electrons. The summed E-state index contributed by atoms with van der Waals surface area (Å²) in [6.45, 7) is 0. The zero-order valence-electron chi connectivity index (χ0n) is 30.2. The third-order valence-corrected chi connectivity index (χ3v) is 11.4. The molecule has 1 heteroatoms. The number of para-hydroxylation sites is 2. The van der Waals surface area contributed by atoms with Gasteiger partial charge in [-0.2, -0.15) is 0 Å². The molecule has 1 heterocycles. The Balaban J connectivity index is 1.19. The van der Waals surface area contributed by atoms with Crippen LogP contribution in [0.5, 0.6) is 0 Å². The van der Waals surface area contributed by atoms with Crippen molar-refractivity contribution in [3.05, 3.63) is 212 Å². The molecule has 0 saturated carbocycles. The first-order valence-corrected chi connectivity index (χ1v) is 19.0. The van der Waals surface area contributed by atoms with Gasteiger partial charge in [0.15, 0.2) is 0 Å². The van der Waals surface area contributed by atoms with Gasteiger partial charge in [-0.15, -0.1) is 0 Å². The maximum absolute atomic E-state index is 2.44. The van der Waals surface area contributed by atoms with E-state index in [-0.39, 0.29) is 0 Å². The van der Waals surface area contributed by atoms with E-state index in [1.165, 1.54) is 104 Å². The Kier molecular flexibility index (Phi) is 7.25. The molecule has 55 heavy (non-hydrogen) atoms. The second kappa shape index (κ2) is 12.7. The third kappa shape index (κ3) is 5.09. The van der Waals surface area contributed by atoms with Gasteiger partial charge in [-0.05, 0) is 113 Å². The lowest BCUT2D eigenvalue weighted by Crippen LogP contribution is -1.93. The van der Waals surface area contributed by atoms with Crippen molar-refractivity contribution in [2.24, 2.45) is 0 Å². The summed E-state index contributed by atoms with van der Waals surface area (Å²) >= 11 is 0. The van der Waals surface area contributed by atoms with Gasteiger partial charge < -0.3 is 4.57 Å². The van der Waals surface area contributed by atoms with Gasteiger partial charge in [0.2, 0.25) is 0 Å². The highest BCUT2D eigenvalue weighted by Gasteiger charge is 2.20. The minimum Gasteiger partial charge on any atom is -0.309 e. The van der Waals surface area contributed by atoms with E-state index in [1.54, 1.807) is 0 Å². The molecule has 0 aliphatic rings. The number of aromatic nitrogens is 1. The topological polar surface area (TPSA) is 4.93 Å². The lowest BCUT2D eigenvalue weighted by atomic mass is 9.83. The van der Waals surface area contributed by atoms with Gasteiger partial charge in [-0.1, -0.05) is 176 Å². The molecule has 11 aromatic rings. The summed E-state index contributed by atoms with van der Waals surface area (Å²) in [7, 11) is 0. The molecule has 0 amide bonds. The summed E-state index contributed by atoms with van der Waals surface area (Å²) in [6, 6.07) is 77.8. The molecule has 0 atom stereocenters. The SMILES string of the molecule is c1ccc(-c2ccc(-c3c4ccccc4c(-c4cccc5ccccc45)c4ccc(-c5ccc6c(c5)c5ccccc5n6-c5ccccc5)cc34)cc2)cc1. The highest BCUT2D eigenvalue weighted by atomic mass is 15.0. The van der Waals surface area contributed by atoms with Gasteiger partial charge in [-0.25, -0.2) is 0 Å². The first kappa shape index (κ1) is 31.3. The maximum Gasteiger partial charge on any atom is 0.0541 e. The van der Waals surface area contributed by atoms with E-state index in [0.29, 0.717) is 0 Å². The van der Waals surface area contributed by atoms with Gasteiger partial charge in [-0.3, -0.25) is 0 Å². The van der Waals surface area contributed by atoms with Crippen molar-refractivity contribution >= 4 is 54.1 Å². The zero-order chi connectivity index (χ0) is 36.3. The Morgan fingerprint density at radius 1 is 0.255 bits per heavy atom. The van der Waals surface area contributed by atoms with Crippen molar-refractivity contribution in [1.82, 2.24) is 4.57 Å². The largest absolute Gasteiger partial charge is 0.309 e. The Morgan fingerprint density at radius 3 is 1.55 bits per heavy atom. The Hall–Kier alpha value is -7.22. The average molecular weight is 698 g/mol. The second-order valence-corrected chi connectivity index (χ2v) is 14.4. The summed E-state index contributed by atoms with van der Waals surface area (Å²) in [5.74, 6) is 0. The molecular weight excluding hydrogens is 663 g/mol. The fourth-order valence-corrected chi connectivity index (χ4v) is 8.87. The maximum atomic E-state index is 2.44. The number of benzene rings is 10. The normalized spacial score (nSPS) is 11.6. The van der Waals surface area contributed by atoms with Crippen LogP contribution in [0.15, 0.2) is 212 Å². The van der Waals surface area contributed by atoms with E-state index in [4.69, 9.17) is 0 Å². The lowest BCUT2D eigenvalue weighted by molar-refractivity contribution is 1.18. The quantitative estimate of drug-likeness (QED) is 0.158. The molecule has 0 aliphatic heterocycles. The molecule has 0 saturated heterocycles. The monoisotopic (exact) mass is 697 g/mol. The molecule has 11 rings (SSSR count). The summed E-state index contributed by atoms with van der Waals surface area (Å²) in [4.78, 5) is 0. The predicted octanol–water partition coefficient (Wildman–Crippen LogP) is 14.9. The first-order valence-electron chi connectivity index (χ1n) is 19.0. The van der Waals surface area contributed by atoms with Gasteiger partial charge in [0.05, 0.1) is 11.0 Å². The van der Waals surface area contributed by atoms with Crippen LogP contribution in [0.4, 0.5) is 0 Å². The molecule has 10 aromatic carbocycles. The van der Waals surface area contributed by atoms with E-state index < -0.39 is 0 Å². The van der Waals surface area contributed by atoms with E-state index in [2.05, 4.69) is 217 Å². The number of fused-ring (bicyclic) bond motifs is 6. The van der Waals surface area contributed by atoms with E-state index >= 15 is 0 Å². The van der Waals surface area contributed by atoms with Crippen LogP contribution in [0.25, 0.3) is 104 Å². The first-order chi connectivity index (χ1) is 27.3. The zero-order valence-corrected chi connectivity index (χ0v) is 30.2. The fourth-order valence-electron chi connectivity index (χ4n) is 8.87. The van der Waals surface area contributed by atoms with Crippen molar-refractivity contribution in [1.29, 1.82) is 0 Å². The summed E-state index contributed by atoms with van der Waals surface area (Å²) in [5.41, 5.74) is 13.4. The summed E-state index contributed by atoms with van der Waals surface area (Å²) in [5, 5.41) is 10.0. The van der Waals surface area contributed by atoms with Crippen LogP contribution in [0.3, 0.4) is 0 Å². The number of rotatable bonds is 5. The van der Waals surface area contributed by atoms with Crippen LogP contribution in [-0.4, -0.2) is 4.57 Å². The van der Waals surface area contributed by atoms with Crippen molar-refractivity contribution < 1.29 is 0 Å². The Labute approximate surface area is 320 Å². The molecule has 0 radical (unpaired) electrons. The predicted molar refractivity (Wildman–Crippen MR) is 235 cm³/mol. The number of nitrogens with zero attached hydrogens (tertiary/aromatic N) is 1. The molecule has 0 bridgehead atoms. The minimum atomic E-state index is 1.17. The van der Waals surface area contributed by atoms with Crippen LogP contribution in [0.1, 0.15) is 0 Å². The van der Waals surface area contributed by atoms with Gasteiger partial charge >= 0.3 is 0 Å². The summed E-state index contributed by atoms with van der Waals surface area (Å²) < 4.78 is 2.38. The molecule has 0 N–H and O–H groups in total. The smallest absolute Gasteiger partial charge is 0.0541 e. The molecule has 1 nitrogen and oxygen atoms in total. The van der Waals surface area contributed by atoms with Crippen molar-refractivity contribution in [2.45, 2.75) is 0 Å². The minimum absolute atomic E-state index is 1.17. The van der Waals surface area contributed by atoms with Crippen molar-refractivity contribution in [3.63, 3.8) is 0 Å². The van der Waals surface area contributed by atoms with E-state index in [1.807, 2.05) is 0 Å². The Bertz CT molecular complexity index is 3220. The van der Waals surface area contributed by atoms with Crippen LogP contribution in [0, 0.1) is 0 Å². The molecule has 0 aliphatic carbocycles. The van der Waals surface area contributed by atoms with Crippen LogP contribution in [0.2, 0.25) is 0 Å². The molecular formula is C54H35N. The van der Waals surface area contributed by atoms with Crippen LogP contribution >= 0.6 is 0 Å². The van der Waals surface area contributed by atoms with Crippen molar-refractivity contribution in [3.8, 4) is 50.2 Å². The highest BCUT2D eigenvalue weighted by molar-refractivity contribution is 6.24. The highest BCUT2D eigenvalue weighted by Crippen LogP contribution is 2.47. The van der Waals surface area contributed by atoms with E-state index in [0.717, 1.165) is 0 Å². The van der Waals surface area contributed by atoms with Gasteiger partial charge in [0, 0.05) is 16.5 Å². The van der Waals surface area contributed by atoms with Gasteiger partial charge in [0.1, 0.15) is 0 Å². The Morgan fingerprint density at radius 2 is 0.764 bits per heavy atom. The van der Waals surface area contributed by atoms with Crippen LogP contribution < -0.4 is 0 Å². The average Bonchev–Trinajstić information content (AvgIpc) is 3.59. The second-order valence-electron chi connectivity index (χ2n) is 14.4. The standard InChI is InChI=1S/C54H35N/c1-3-14-36(15-4-1)37-26-28-39(29-27-37)53-46-22-9-10-23-47(46)54(45-24-13-17-38-16-7-8-20-43(38)45)48-32-30-40(35-50(48)53)41-31-33-52-49(34-41)44-21-11-12-25-51(44)55(52)42-18-5-2-6-19-42/h1-35H. The molecule has 0 spiro atoms. The van der Waals surface area contributed by atoms with E-state index in [9.17, 15) is 0 Å². The number of hydrogen-bond donors (Lipinski definition) is 0. The van der Waals surface area contributed by atoms with Crippen LogP contribution in [-0.2, 0) is 0 Å². The number of hydrogen-bond acceptors (Lipinski definition) is 0. The summed E-state index contributed by atoms with van der Waals surface area (Å²) in [6.07, 6.45) is 0. The molecule has 0 fully saturated rings. The molecule has 0 unspecified atom stereocenters. The fraction of sp³-hybridized carbons (Fsp3) is 0. The lowest BCUT2D eigenvalue weighted by Gasteiger charge is -2.20. The molecule has 1 aromatic heterocycles. The van der Waals surface area contributed by atoms with Gasteiger partial charge in [0.25, 0.3) is 0 Å². The third-order valence-electron chi connectivity index (χ3n) is 11.4. The van der Waals surface area contributed by atoms with Crippen molar-refractivity contribution in [2.75, 3.05) is 0 Å².